The van der Waals surface area contributed by atoms with E-state index in [0.29, 0.717) is 5.56 Å². The molecule has 28 heavy (non-hydrogen) atoms. The standard InChI is InChI=1S/C19H14F3N5O/c1-9-3-13(21)11(4-12(9)20)5-14-18-24-7-16(22)27(18)8-15(25-14)17-23-6-10(2)19(28)26-17/h3-4,6-8H,5H2,1-2H3,(H,23,26,28). The van der Waals surface area contributed by atoms with Gasteiger partial charge in [0.25, 0.3) is 5.56 Å². The van der Waals surface area contributed by atoms with Gasteiger partial charge >= 0.3 is 0 Å². The molecule has 0 aliphatic heterocycles. The molecule has 3 heterocycles. The number of fused-ring (bicyclic) bond motifs is 1. The Morgan fingerprint density at radius 1 is 1.04 bits per heavy atom. The lowest BCUT2D eigenvalue weighted by Gasteiger charge is -2.09. The van der Waals surface area contributed by atoms with Gasteiger partial charge in [-0.1, -0.05) is 0 Å². The molecule has 0 bridgehead atoms. The first-order chi connectivity index (χ1) is 13.3. The summed E-state index contributed by atoms with van der Waals surface area (Å²) in [6.45, 7) is 3.06. The van der Waals surface area contributed by atoms with Gasteiger partial charge in [-0.2, -0.15) is 4.39 Å². The lowest BCUT2D eigenvalue weighted by atomic mass is 10.1. The molecule has 0 radical (unpaired) electrons. The fourth-order valence-corrected chi connectivity index (χ4v) is 2.85. The Labute approximate surface area is 156 Å². The first-order valence-corrected chi connectivity index (χ1v) is 8.37. The fraction of sp³-hybridized carbons (Fsp3) is 0.158. The number of nitrogens with one attached hydrogen (secondary N) is 1. The van der Waals surface area contributed by atoms with E-state index in [1.165, 1.54) is 19.3 Å². The summed E-state index contributed by atoms with van der Waals surface area (Å²) >= 11 is 0. The summed E-state index contributed by atoms with van der Waals surface area (Å²) in [5, 5.41) is 0. The lowest BCUT2D eigenvalue weighted by molar-refractivity contribution is 0.571. The molecule has 0 spiro atoms. The van der Waals surface area contributed by atoms with E-state index in [1.807, 2.05) is 0 Å². The molecule has 6 nitrogen and oxygen atoms in total. The molecule has 1 N–H and O–H groups in total. The van der Waals surface area contributed by atoms with Crippen LogP contribution in [0.4, 0.5) is 13.2 Å². The van der Waals surface area contributed by atoms with Crippen LogP contribution >= 0.6 is 0 Å². The van der Waals surface area contributed by atoms with Crippen molar-refractivity contribution < 1.29 is 13.2 Å². The van der Waals surface area contributed by atoms with Crippen LogP contribution in [0, 0.1) is 31.4 Å². The fourth-order valence-electron chi connectivity index (χ4n) is 2.85. The Morgan fingerprint density at radius 2 is 1.82 bits per heavy atom. The SMILES string of the molecule is Cc1cc(F)c(Cc2nc(-c3ncc(C)c(=O)[nH]3)cn3c(F)cnc23)cc1F. The number of rotatable bonds is 3. The van der Waals surface area contributed by atoms with Crippen molar-refractivity contribution in [2.75, 3.05) is 0 Å². The van der Waals surface area contributed by atoms with Gasteiger partial charge in [-0.25, -0.2) is 23.7 Å². The van der Waals surface area contributed by atoms with Crippen molar-refractivity contribution >= 4 is 5.65 Å². The molecule has 0 saturated heterocycles. The number of imidazole rings is 1. The Bertz CT molecular complexity index is 1280. The van der Waals surface area contributed by atoms with Crippen molar-refractivity contribution in [2.24, 2.45) is 0 Å². The molecule has 0 aliphatic carbocycles. The number of H-pyrrole nitrogens is 1. The monoisotopic (exact) mass is 385 g/mol. The quantitative estimate of drug-likeness (QED) is 0.588. The van der Waals surface area contributed by atoms with Gasteiger partial charge in [-0.3, -0.25) is 9.20 Å². The zero-order chi connectivity index (χ0) is 20.0. The molecule has 3 aromatic heterocycles. The summed E-state index contributed by atoms with van der Waals surface area (Å²) < 4.78 is 43.4. The minimum Gasteiger partial charge on any atom is -0.305 e. The summed E-state index contributed by atoms with van der Waals surface area (Å²) in [4.78, 5) is 26.9. The summed E-state index contributed by atoms with van der Waals surface area (Å²) in [5.74, 6) is -1.69. The van der Waals surface area contributed by atoms with Crippen LogP contribution in [-0.2, 0) is 6.42 Å². The molecule has 4 aromatic rings. The van der Waals surface area contributed by atoms with Crippen LogP contribution in [0.2, 0.25) is 0 Å². The molecular weight excluding hydrogens is 371 g/mol. The van der Waals surface area contributed by atoms with Crippen molar-refractivity contribution in [3.05, 3.63) is 81.0 Å². The number of aromatic nitrogens is 5. The number of nitrogens with zero attached hydrogens (tertiary/aromatic N) is 4. The van der Waals surface area contributed by atoms with E-state index in [4.69, 9.17) is 0 Å². The van der Waals surface area contributed by atoms with Crippen molar-refractivity contribution in [1.82, 2.24) is 24.3 Å². The van der Waals surface area contributed by atoms with E-state index in [9.17, 15) is 18.0 Å². The van der Waals surface area contributed by atoms with Crippen LogP contribution in [0.3, 0.4) is 0 Å². The molecule has 0 saturated carbocycles. The maximum atomic E-state index is 14.3. The molecule has 0 fully saturated rings. The zero-order valence-corrected chi connectivity index (χ0v) is 14.9. The summed E-state index contributed by atoms with van der Waals surface area (Å²) in [7, 11) is 0. The maximum absolute atomic E-state index is 14.3. The van der Waals surface area contributed by atoms with Crippen molar-refractivity contribution in [3.8, 4) is 11.5 Å². The van der Waals surface area contributed by atoms with Crippen LogP contribution in [0.1, 0.15) is 22.4 Å². The first kappa shape index (κ1) is 17.9. The van der Waals surface area contributed by atoms with Crippen LogP contribution in [-0.4, -0.2) is 24.3 Å². The average molecular weight is 385 g/mol. The lowest BCUT2D eigenvalue weighted by Crippen LogP contribution is -2.13. The minimum atomic E-state index is -0.662. The molecule has 142 valence electrons. The molecular formula is C19H14F3N5O. The highest BCUT2D eigenvalue weighted by molar-refractivity contribution is 5.55. The van der Waals surface area contributed by atoms with Gasteiger partial charge in [0.2, 0.25) is 5.95 Å². The Morgan fingerprint density at radius 3 is 2.57 bits per heavy atom. The van der Waals surface area contributed by atoms with Crippen molar-refractivity contribution in [2.45, 2.75) is 20.3 Å². The number of aromatic amines is 1. The summed E-state index contributed by atoms with van der Waals surface area (Å²) in [6, 6.07) is 2.18. The zero-order valence-electron chi connectivity index (χ0n) is 14.9. The highest BCUT2D eigenvalue weighted by Gasteiger charge is 2.17. The normalized spacial score (nSPS) is 11.3. The van der Waals surface area contributed by atoms with E-state index in [1.54, 1.807) is 6.92 Å². The molecule has 0 atom stereocenters. The second-order valence-electron chi connectivity index (χ2n) is 6.46. The van der Waals surface area contributed by atoms with Crippen LogP contribution in [0.15, 0.2) is 35.5 Å². The van der Waals surface area contributed by atoms with Gasteiger partial charge in [0, 0.05) is 24.4 Å². The molecule has 0 unspecified atom stereocenters. The maximum Gasteiger partial charge on any atom is 0.254 e. The topological polar surface area (TPSA) is 75.9 Å². The third-order valence-corrected chi connectivity index (χ3v) is 4.42. The molecule has 0 aliphatic rings. The number of halogens is 3. The number of benzene rings is 1. The van der Waals surface area contributed by atoms with Crippen LogP contribution in [0.5, 0.6) is 0 Å². The molecule has 9 heteroatoms. The average Bonchev–Trinajstić information content (AvgIpc) is 3.03. The van der Waals surface area contributed by atoms with E-state index >= 15 is 0 Å². The molecule has 1 aromatic carbocycles. The van der Waals surface area contributed by atoms with E-state index in [-0.39, 0.29) is 46.0 Å². The van der Waals surface area contributed by atoms with Crippen LogP contribution < -0.4 is 5.56 Å². The largest absolute Gasteiger partial charge is 0.305 e. The summed E-state index contributed by atoms with van der Waals surface area (Å²) in [6.07, 6.45) is 3.59. The van der Waals surface area contributed by atoms with Gasteiger partial charge in [0.15, 0.2) is 11.5 Å². The van der Waals surface area contributed by atoms with E-state index < -0.39 is 17.6 Å². The summed E-state index contributed by atoms with van der Waals surface area (Å²) in [5.41, 5.74) is 0.847. The minimum absolute atomic E-state index is 0.0587. The predicted octanol–water partition coefficient (Wildman–Crippen LogP) is 3.10. The third kappa shape index (κ3) is 3.04. The second kappa shape index (κ2) is 6.59. The van der Waals surface area contributed by atoms with Gasteiger partial charge < -0.3 is 4.98 Å². The van der Waals surface area contributed by atoms with Gasteiger partial charge in [0.1, 0.15) is 17.3 Å². The molecule has 4 rings (SSSR count). The first-order valence-electron chi connectivity index (χ1n) is 8.37. The number of hydrogen-bond acceptors (Lipinski definition) is 4. The van der Waals surface area contributed by atoms with Gasteiger partial charge in [-0.15, -0.1) is 0 Å². The third-order valence-electron chi connectivity index (χ3n) is 4.42. The van der Waals surface area contributed by atoms with Crippen LogP contribution in [0.25, 0.3) is 17.2 Å². The highest BCUT2D eigenvalue weighted by Crippen LogP contribution is 2.22. The second-order valence-corrected chi connectivity index (χ2v) is 6.46. The molecule has 0 amide bonds. The number of hydrogen-bond donors (Lipinski definition) is 1. The van der Waals surface area contributed by atoms with Gasteiger partial charge in [0.05, 0.1) is 11.9 Å². The predicted molar refractivity (Wildman–Crippen MR) is 95.4 cm³/mol. The van der Waals surface area contributed by atoms with E-state index in [2.05, 4.69) is 19.9 Å². The Kier molecular flexibility index (Phi) is 4.21. The highest BCUT2D eigenvalue weighted by atomic mass is 19.1. The Hall–Kier alpha value is -3.49. The Balaban J connectivity index is 1.89. The van der Waals surface area contributed by atoms with Crippen molar-refractivity contribution in [1.29, 1.82) is 0 Å². The smallest absolute Gasteiger partial charge is 0.254 e. The van der Waals surface area contributed by atoms with Crippen molar-refractivity contribution in [3.63, 3.8) is 0 Å². The number of aryl methyl sites for hydroxylation is 2. The van der Waals surface area contributed by atoms with Gasteiger partial charge in [-0.05, 0) is 37.1 Å². The van der Waals surface area contributed by atoms with E-state index in [0.717, 1.165) is 22.7 Å².